The van der Waals surface area contributed by atoms with E-state index in [2.05, 4.69) is 73.3 Å². The minimum atomic E-state index is 0.164. The Morgan fingerprint density at radius 2 is 1.47 bits per heavy atom. The Labute approximate surface area is 95.8 Å². The van der Waals surface area contributed by atoms with Gasteiger partial charge in [-0.1, -0.05) is 71.9 Å². The maximum absolute atomic E-state index is 4.10. The van der Waals surface area contributed by atoms with Crippen LogP contribution in [0, 0.1) is 10.8 Å². The first-order chi connectivity index (χ1) is 6.52. The largest absolute Gasteiger partial charge is 0.0953 e. The summed E-state index contributed by atoms with van der Waals surface area (Å²) >= 11 is 0. The molecule has 0 heterocycles. The standard InChI is InChI=1S/C15H26/c1-12(9-10-14(3,4)5)11-13(2)15(6,7)8/h9-11H,2H2,1,3-8H3/b10-9+,12-11-. The Kier molecular flexibility index (Phi) is 4.58. The molecule has 0 bridgehead atoms. The average Bonchev–Trinajstić information content (AvgIpc) is 1.97. The van der Waals surface area contributed by atoms with Crippen molar-refractivity contribution in [3.8, 4) is 0 Å². The molecule has 0 aromatic rings. The maximum Gasteiger partial charge on any atom is -0.0138 e. The van der Waals surface area contributed by atoms with Crippen molar-refractivity contribution >= 4 is 0 Å². The molecule has 0 saturated heterocycles. The van der Waals surface area contributed by atoms with Crippen molar-refractivity contribution in [3.05, 3.63) is 36.0 Å². The van der Waals surface area contributed by atoms with E-state index in [1.165, 1.54) is 11.1 Å². The van der Waals surface area contributed by atoms with Crippen LogP contribution < -0.4 is 0 Å². The Bertz CT molecular complexity index is 274. The number of rotatable bonds is 2. The van der Waals surface area contributed by atoms with Gasteiger partial charge in [0, 0.05) is 0 Å². The molecule has 0 saturated carbocycles. The molecule has 0 rings (SSSR count). The van der Waals surface area contributed by atoms with Crippen LogP contribution in [-0.4, -0.2) is 0 Å². The smallest absolute Gasteiger partial charge is 0.0138 e. The maximum atomic E-state index is 4.10. The van der Waals surface area contributed by atoms with Gasteiger partial charge < -0.3 is 0 Å². The lowest BCUT2D eigenvalue weighted by Gasteiger charge is -2.19. The number of hydrogen-bond acceptors (Lipinski definition) is 0. The molecule has 0 amide bonds. The van der Waals surface area contributed by atoms with Gasteiger partial charge in [0.15, 0.2) is 0 Å². The molecule has 0 aliphatic rings. The lowest BCUT2D eigenvalue weighted by molar-refractivity contribution is 0.518. The lowest BCUT2D eigenvalue weighted by Crippen LogP contribution is -2.06. The predicted octanol–water partition coefficient (Wildman–Crippen LogP) is 5.14. The zero-order valence-corrected chi connectivity index (χ0v) is 11.4. The van der Waals surface area contributed by atoms with E-state index < -0.39 is 0 Å². The van der Waals surface area contributed by atoms with E-state index >= 15 is 0 Å². The molecule has 0 fully saturated rings. The van der Waals surface area contributed by atoms with Crippen LogP contribution in [0.1, 0.15) is 48.5 Å². The third-order valence-corrected chi connectivity index (χ3v) is 2.21. The van der Waals surface area contributed by atoms with E-state index in [-0.39, 0.29) is 10.8 Å². The molecule has 15 heavy (non-hydrogen) atoms. The fourth-order valence-corrected chi connectivity index (χ4v) is 0.921. The molecule has 0 aromatic heterocycles. The Morgan fingerprint density at radius 1 is 1.00 bits per heavy atom. The van der Waals surface area contributed by atoms with Gasteiger partial charge in [-0.2, -0.15) is 0 Å². The molecule has 86 valence electrons. The number of hydrogen-bond donors (Lipinski definition) is 0. The van der Waals surface area contributed by atoms with Crippen molar-refractivity contribution in [1.82, 2.24) is 0 Å². The minimum Gasteiger partial charge on any atom is -0.0953 e. The highest BCUT2D eigenvalue weighted by Crippen LogP contribution is 2.26. The monoisotopic (exact) mass is 206 g/mol. The molecule has 0 N–H and O–H groups in total. The summed E-state index contributed by atoms with van der Waals surface area (Å²) in [7, 11) is 0. The van der Waals surface area contributed by atoms with Crippen LogP contribution >= 0.6 is 0 Å². The van der Waals surface area contributed by atoms with Crippen LogP contribution in [0.2, 0.25) is 0 Å². The van der Waals surface area contributed by atoms with Crippen LogP contribution in [0.5, 0.6) is 0 Å². The zero-order valence-electron chi connectivity index (χ0n) is 11.4. The molecule has 0 nitrogen and oxygen atoms in total. The average molecular weight is 206 g/mol. The van der Waals surface area contributed by atoms with Gasteiger partial charge in [0.1, 0.15) is 0 Å². The van der Waals surface area contributed by atoms with Gasteiger partial charge in [0.05, 0.1) is 0 Å². The second kappa shape index (κ2) is 4.83. The lowest BCUT2D eigenvalue weighted by atomic mass is 9.86. The van der Waals surface area contributed by atoms with Crippen molar-refractivity contribution < 1.29 is 0 Å². The summed E-state index contributed by atoms with van der Waals surface area (Å²) < 4.78 is 0. The highest BCUT2D eigenvalue weighted by atomic mass is 14.2. The second-order valence-corrected chi connectivity index (χ2v) is 6.36. The first-order valence-corrected chi connectivity index (χ1v) is 5.59. The van der Waals surface area contributed by atoms with Crippen molar-refractivity contribution in [1.29, 1.82) is 0 Å². The molecule has 0 aliphatic carbocycles. The summed E-state index contributed by atoms with van der Waals surface area (Å²) in [6.07, 6.45) is 6.58. The summed E-state index contributed by atoms with van der Waals surface area (Å²) in [6, 6.07) is 0. The topological polar surface area (TPSA) is 0 Å². The third-order valence-electron chi connectivity index (χ3n) is 2.21. The van der Waals surface area contributed by atoms with Crippen LogP contribution in [-0.2, 0) is 0 Å². The van der Waals surface area contributed by atoms with Gasteiger partial charge in [-0.25, -0.2) is 0 Å². The molecule has 0 aromatic carbocycles. The Morgan fingerprint density at radius 3 is 1.80 bits per heavy atom. The number of allylic oxidation sites excluding steroid dienone is 5. The summed E-state index contributed by atoms with van der Waals surface area (Å²) in [5.41, 5.74) is 2.86. The van der Waals surface area contributed by atoms with Gasteiger partial charge in [0.2, 0.25) is 0 Å². The van der Waals surface area contributed by atoms with Crippen molar-refractivity contribution in [2.24, 2.45) is 10.8 Å². The summed E-state index contributed by atoms with van der Waals surface area (Å²) in [5.74, 6) is 0. The third kappa shape index (κ3) is 7.18. The van der Waals surface area contributed by atoms with Gasteiger partial charge in [-0.15, -0.1) is 0 Å². The fourth-order valence-electron chi connectivity index (χ4n) is 0.921. The van der Waals surface area contributed by atoms with Crippen LogP contribution in [0.15, 0.2) is 36.0 Å². The minimum absolute atomic E-state index is 0.164. The van der Waals surface area contributed by atoms with Crippen molar-refractivity contribution in [3.63, 3.8) is 0 Å². The highest BCUT2D eigenvalue weighted by Gasteiger charge is 2.12. The molecule has 0 aliphatic heterocycles. The van der Waals surface area contributed by atoms with Gasteiger partial charge in [-0.3, -0.25) is 0 Å². The molecule has 0 radical (unpaired) electrons. The predicted molar refractivity (Wildman–Crippen MR) is 70.9 cm³/mol. The molecular formula is C15H26. The van der Waals surface area contributed by atoms with E-state index in [0.717, 1.165) is 0 Å². The zero-order chi connectivity index (χ0) is 12.3. The Hall–Kier alpha value is -0.780. The van der Waals surface area contributed by atoms with Crippen LogP contribution in [0.3, 0.4) is 0 Å². The SMILES string of the molecule is C=C(/C=C(C)\C=C\C(C)(C)C)C(C)(C)C. The second-order valence-electron chi connectivity index (χ2n) is 6.36. The quantitative estimate of drug-likeness (QED) is 0.549. The molecule has 0 heteroatoms. The molecule has 0 spiro atoms. The van der Waals surface area contributed by atoms with E-state index in [4.69, 9.17) is 0 Å². The van der Waals surface area contributed by atoms with E-state index in [1.807, 2.05) is 0 Å². The molecular weight excluding hydrogens is 180 g/mol. The van der Waals surface area contributed by atoms with Gasteiger partial charge in [0.25, 0.3) is 0 Å². The van der Waals surface area contributed by atoms with Crippen molar-refractivity contribution in [2.45, 2.75) is 48.5 Å². The summed E-state index contributed by atoms with van der Waals surface area (Å²) in [4.78, 5) is 0. The van der Waals surface area contributed by atoms with Crippen molar-refractivity contribution in [2.75, 3.05) is 0 Å². The van der Waals surface area contributed by atoms with E-state index in [9.17, 15) is 0 Å². The normalized spacial score (nSPS) is 14.7. The van der Waals surface area contributed by atoms with Gasteiger partial charge in [-0.05, 0) is 23.3 Å². The fraction of sp³-hybridized carbons (Fsp3) is 0.600. The molecule has 0 unspecified atom stereocenters. The first kappa shape index (κ1) is 14.2. The molecule has 0 atom stereocenters. The van der Waals surface area contributed by atoms with Crippen LogP contribution in [0.25, 0.3) is 0 Å². The highest BCUT2D eigenvalue weighted by molar-refractivity contribution is 5.30. The Balaban J connectivity index is 4.61. The van der Waals surface area contributed by atoms with E-state index in [1.54, 1.807) is 0 Å². The van der Waals surface area contributed by atoms with Gasteiger partial charge >= 0.3 is 0 Å². The van der Waals surface area contributed by atoms with E-state index in [0.29, 0.717) is 0 Å². The summed E-state index contributed by atoms with van der Waals surface area (Å²) in [6.45, 7) is 19.4. The van der Waals surface area contributed by atoms with Crippen LogP contribution in [0.4, 0.5) is 0 Å². The summed E-state index contributed by atoms with van der Waals surface area (Å²) in [5, 5.41) is 0. The first-order valence-electron chi connectivity index (χ1n) is 5.59.